The Morgan fingerprint density at radius 2 is 2.33 bits per heavy atom. The van der Waals surface area contributed by atoms with E-state index < -0.39 is 0 Å². The van der Waals surface area contributed by atoms with Gasteiger partial charge in [0.2, 0.25) is 5.91 Å². The van der Waals surface area contributed by atoms with Gasteiger partial charge < -0.3 is 10.6 Å². The van der Waals surface area contributed by atoms with Gasteiger partial charge >= 0.3 is 0 Å². The van der Waals surface area contributed by atoms with Gasteiger partial charge in [-0.15, -0.1) is 11.3 Å². The second-order valence-corrected chi connectivity index (χ2v) is 5.63. The van der Waals surface area contributed by atoms with Crippen LogP contribution in [0.4, 0.5) is 0 Å². The number of amides is 1. The molecule has 2 N–H and O–H groups in total. The molecule has 1 aromatic heterocycles. The molecule has 0 spiro atoms. The largest absolute Gasteiger partial charge is 0.355 e. The number of nitrogens with one attached hydrogen (secondary N) is 2. The van der Waals surface area contributed by atoms with Gasteiger partial charge in [0, 0.05) is 18.0 Å². The molecule has 1 aromatic rings. The van der Waals surface area contributed by atoms with E-state index in [0.29, 0.717) is 13.1 Å². The number of hydrogen-bond acceptors (Lipinski definition) is 3. The smallest absolute Gasteiger partial charge is 0.233 e. The molecule has 0 aliphatic heterocycles. The first-order valence-electron chi connectivity index (χ1n) is 4.94. The maximum absolute atomic E-state index is 11.1. The molecular formula is C10H15BrN2OS. The molecule has 84 valence electrons. The highest BCUT2D eigenvalue weighted by atomic mass is 79.9. The van der Waals surface area contributed by atoms with E-state index in [9.17, 15) is 4.79 Å². The Bertz CT molecular complexity index is 314. The normalized spacial score (nSPS) is 10.3. The summed E-state index contributed by atoms with van der Waals surface area (Å²) < 4.78 is 1.15. The zero-order valence-electron chi connectivity index (χ0n) is 8.68. The fourth-order valence-electron chi connectivity index (χ4n) is 1.16. The van der Waals surface area contributed by atoms with E-state index in [1.807, 2.05) is 13.0 Å². The highest BCUT2D eigenvalue weighted by Crippen LogP contribution is 2.21. The maximum atomic E-state index is 11.1. The molecule has 0 saturated heterocycles. The molecule has 0 fully saturated rings. The van der Waals surface area contributed by atoms with E-state index in [1.165, 1.54) is 4.88 Å². The Morgan fingerprint density at radius 1 is 1.53 bits per heavy atom. The first-order valence-corrected chi connectivity index (χ1v) is 6.55. The first kappa shape index (κ1) is 12.7. The van der Waals surface area contributed by atoms with E-state index in [2.05, 4.69) is 32.6 Å². The Hall–Kier alpha value is -0.390. The number of carbonyl (C=O) groups is 1. The van der Waals surface area contributed by atoms with Gasteiger partial charge in [-0.3, -0.25) is 4.79 Å². The van der Waals surface area contributed by atoms with Crippen LogP contribution < -0.4 is 10.6 Å². The summed E-state index contributed by atoms with van der Waals surface area (Å²) in [5.74, 6) is 0.0601. The zero-order chi connectivity index (χ0) is 11.1. The highest BCUT2D eigenvalue weighted by molar-refractivity contribution is 9.11. The summed E-state index contributed by atoms with van der Waals surface area (Å²) in [4.78, 5) is 12.4. The fourth-order valence-corrected chi connectivity index (χ4v) is 2.64. The van der Waals surface area contributed by atoms with Crippen molar-refractivity contribution >= 4 is 33.2 Å². The van der Waals surface area contributed by atoms with Crippen LogP contribution in [0.15, 0.2) is 15.9 Å². The van der Waals surface area contributed by atoms with Gasteiger partial charge in [0.25, 0.3) is 0 Å². The molecule has 15 heavy (non-hydrogen) atoms. The third-order valence-corrected chi connectivity index (χ3v) is 3.52. The first-order chi connectivity index (χ1) is 7.22. The van der Waals surface area contributed by atoms with Gasteiger partial charge in [-0.1, -0.05) is 0 Å². The molecule has 0 aliphatic carbocycles. The summed E-state index contributed by atoms with van der Waals surface area (Å²) >= 11 is 5.15. The van der Waals surface area contributed by atoms with Crippen molar-refractivity contribution in [2.75, 3.05) is 19.6 Å². The third kappa shape index (κ3) is 5.30. The van der Waals surface area contributed by atoms with Crippen LogP contribution in [0.25, 0.3) is 0 Å². The lowest BCUT2D eigenvalue weighted by atomic mass is 10.3. The number of rotatable bonds is 6. The minimum absolute atomic E-state index is 0.0601. The second-order valence-electron chi connectivity index (χ2n) is 3.09. The van der Waals surface area contributed by atoms with Crippen molar-refractivity contribution in [1.82, 2.24) is 10.6 Å². The minimum atomic E-state index is 0.0601. The van der Waals surface area contributed by atoms with Crippen LogP contribution in [-0.4, -0.2) is 25.5 Å². The van der Waals surface area contributed by atoms with Crippen LogP contribution in [0.3, 0.4) is 0 Å². The molecule has 5 heteroatoms. The molecular weight excluding hydrogens is 276 g/mol. The van der Waals surface area contributed by atoms with Crippen molar-refractivity contribution in [2.45, 2.75) is 13.3 Å². The molecule has 0 saturated carbocycles. The van der Waals surface area contributed by atoms with Crippen molar-refractivity contribution in [3.63, 3.8) is 0 Å². The highest BCUT2D eigenvalue weighted by Gasteiger charge is 1.99. The lowest BCUT2D eigenvalue weighted by Crippen LogP contribution is -2.34. The maximum Gasteiger partial charge on any atom is 0.233 e. The van der Waals surface area contributed by atoms with Crippen molar-refractivity contribution in [3.8, 4) is 0 Å². The summed E-state index contributed by atoms with van der Waals surface area (Å²) in [5, 5.41) is 5.85. The van der Waals surface area contributed by atoms with E-state index in [1.54, 1.807) is 11.3 Å². The Morgan fingerprint density at radius 3 is 2.93 bits per heavy atom. The summed E-state index contributed by atoms with van der Waals surface area (Å²) in [6.45, 7) is 3.85. The quantitative estimate of drug-likeness (QED) is 0.784. The Balaban J connectivity index is 2.09. The predicted octanol–water partition coefficient (Wildman–Crippen LogP) is 1.78. The third-order valence-electron chi connectivity index (χ3n) is 1.84. The summed E-state index contributed by atoms with van der Waals surface area (Å²) in [5.41, 5.74) is 0. The van der Waals surface area contributed by atoms with Crippen LogP contribution in [0.2, 0.25) is 0 Å². The summed E-state index contributed by atoms with van der Waals surface area (Å²) in [6, 6.07) is 4.15. The molecule has 1 amide bonds. The Kier molecular flexibility index (Phi) is 5.90. The van der Waals surface area contributed by atoms with Gasteiger partial charge in [-0.2, -0.15) is 0 Å². The number of thiophene rings is 1. The number of likely N-dealkylation sites (N-methyl/N-ethyl adjacent to an activating group) is 1. The van der Waals surface area contributed by atoms with Gasteiger partial charge in [-0.25, -0.2) is 0 Å². The predicted molar refractivity (Wildman–Crippen MR) is 67.3 cm³/mol. The molecule has 0 aromatic carbocycles. The molecule has 1 rings (SSSR count). The van der Waals surface area contributed by atoms with Crippen molar-refractivity contribution in [1.29, 1.82) is 0 Å². The number of halogens is 1. The molecule has 0 radical (unpaired) electrons. The zero-order valence-corrected chi connectivity index (χ0v) is 11.1. The van der Waals surface area contributed by atoms with Crippen molar-refractivity contribution < 1.29 is 4.79 Å². The molecule has 3 nitrogen and oxygen atoms in total. The molecule has 0 aliphatic rings. The van der Waals surface area contributed by atoms with Gasteiger partial charge in [0.1, 0.15) is 0 Å². The summed E-state index contributed by atoms with van der Waals surface area (Å²) in [6.07, 6.45) is 0.968. The molecule has 0 bridgehead atoms. The van der Waals surface area contributed by atoms with Crippen LogP contribution in [-0.2, 0) is 11.2 Å². The van der Waals surface area contributed by atoms with Crippen LogP contribution >= 0.6 is 27.3 Å². The number of hydrogen-bond donors (Lipinski definition) is 2. The van der Waals surface area contributed by atoms with Gasteiger partial charge in [-0.05, 0) is 41.4 Å². The van der Waals surface area contributed by atoms with Crippen molar-refractivity contribution in [3.05, 3.63) is 20.8 Å². The van der Waals surface area contributed by atoms with E-state index in [-0.39, 0.29) is 5.91 Å². The molecule has 0 atom stereocenters. The SMILES string of the molecule is CCNC(=O)CNCCc1ccc(Br)s1. The lowest BCUT2D eigenvalue weighted by molar-refractivity contribution is -0.120. The topological polar surface area (TPSA) is 41.1 Å². The number of carbonyl (C=O) groups excluding carboxylic acids is 1. The summed E-state index contributed by atoms with van der Waals surface area (Å²) in [7, 11) is 0. The Labute approximate surface area is 102 Å². The van der Waals surface area contributed by atoms with Crippen LogP contribution in [0.1, 0.15) is 11.8 Å². The standard InChI is InChI=1S/C10H15BrN2OS/c1-2-13-10(14)7-12-6-5-8-3-4-9(11)15-8/h3-4,12H,2,5-7H2,1H3,(H,13,14). The van der Waals surface area contributed by atoms with E-state index in [0.717, 1.165) is 16.8 Å². The van der Waals surface area contributed by atoms with E-state index in [4.69, 9.17) is 0 Å². The molecule has 1 heterocycles. The van der Waals surface area contributed by atoms with Gasteiger partial charge in [0.15, 0.2) is 0 Å². The monoisotopic (exact) mass is 290 g/mol. The second kappa shape index (κ2) is 6.98. The van der Waals surface area contributed by atoms with Crippen LogP contribution in [0, 0.1) is 0 Å². The average Bonchev–Trinajstić information content (AvgIpc) is 2.60. The average molecular weight is 291 g/mol. The van der Waals surface area contributed by atoms with Gasteiger partial charge in [0.05, 0.1) is 10.3 Å². The fraction of sp³-hybridized carbons (Fsp3) is 0.500. The van der Waals surface area contributed by atoms with Crippen LogP contribution in [0.5, 0.6) is 0 Å². The molecule has 0 unspecified atom stereocenters. The lowest BCUT2D eigenvalue weighted by Gasteiger charge is -2.03. The van der Waals surface area contributed by atoms with E-state index >= 15 is 0 Å². The minimum Gasteiger partial charge on any atom is -0.355 e. The van der Waals surface area contributed by atoms with Crippen molar-refractivity contribution in [2.24, 2.45) is 0 Å².